The minimum Gasteiger partial charge on any atom is -0.406 e. The number of carbonyl (C=O) groups excluding carboxylic acids is 1. The molecular weight excluding hydrogens is 432 g/mol. The van der Waals surface area contributed by atoms with Crippen LogP contribution in [-0.4, -0.2) is 52.5 Å². The number of nitrogens with one attached hydrogen (secondary N) is 2. The monoisotopic (exact) mass is 450 g/mol. The van der Waals surface area contributed by atoms with Gasteiger partial charge in [-0.3, -0.25) is 4.79 Å². The molecule has 2 unspecified atom stereocenters. The predicted molar refractivity (Wildman–Crippen MR) is 108 cm³/mol. The maximum Gasteiger partial charge on any atom is 0.573 e. The molecule has 2 aromatic heterocycles. The fraction of sp³-hybridized carbons (Fsp3) is 0.300. The van der Waals surface area contributed by atoms with Crippen LogP contribution in [-0.2, 0) is 0 Å². The van der Waals surface area contributed by atoms with Crippen molar-refractivity contribution in [2.75, 3.05) is 18.4 Å². The fourth-order valence-corrected chi connectivity index (χ4v) is 3.50. The molecule has 1 aliphatic heterocycles. The number of nitrogens with zero attached hydrogens (tertiary/aromatic N) is 3. The summed E-state index contributed by atoms with van der Waals surface area (Å²) >= 11 is 0. The topological polar surface area (TPSA) is 115 Å². The quantitative estimate of drug-likeness (QED) is 0.512. The van der Waals surface area contributed by atoms with Crippen molar-refractivity contribution in [1.82, 2.24) is 20.3 Å². The van der Waals surface area contributed by atoms with Gasteiger partial charge in [0.15, 0.2) is 5.82 Å². The molecule has 12 heteroatoms. The Bertz CT molecular complexity index is 1140. The molecule has 168 valence electrons. The van der Waals surface area contributed by atoms with E-state index < -0.39 is 24.2 Å². The summed E-state index contributed by atoms with van der Waals surface area (Å²) in [6.07, 6.45) is -4.32. The van der Waals surface area contributed by atoms with E-state index in [9.17, 15) is 22.4 Å². The summed E-state index contributed by atoms with van der Waals surface area (Å²) in [6.45, 7) is 0.778. The van der Waals surface area contributed by atoms with Gasteiger partial charge in [-0.25, -0.2) is 19.3 Å². The maximum atomic E-state index is 13.7. The van der Waals surface area contributed by atoms with Crippen LogP contribution in [0.4, 0.5) is 23.4 Å². The van der Waals surface area contributed by atoms with Crippen LogP contribution in [0.2, 0.25) is 0 Å². The van der Waals surface area contributed by atoms with E-state index in [0.717, 1.165) is 12.1 Å². The summed E-state index contributed by atoms with van der Waals surface area (Å²) in [5, 5.41) is 6.09. The standard InChI is InChI=1S/C20H18F4N6O2/c21-11-5-12(8-26-7-11)29-19-17-16(27-9-28-19)14(18(25)31)6-15(30-17)10-1-3-13(4-2-10)32-20(22,23)24/h1-4,6,9,11-12,26H,5,7-8H2,(H2,25,31)(H,27,28,29). The summed E-state index contributed by atoms with van der Waals surface area (Å²) < 4.78 is 54.8. The third-order valence-corrected chi connectivity index (χ3v) is 4.88. The lowest BCUT2D eigenvalue weighted by Crippen LogP contribution is -2.44. The van der Waals surface area contributed by atoms with Gasteiger partial charge >= 0.3 is 6.36 Å². The Morgan fingerprint density at radius 1 is 1.16 bits per heavy atom. The smallest absolute Gasteiger partial charge is 0.406 e. The van der Waals surface area contributed by atoms with Gasteiger partial charge in [-0.05, 0) is 30.3 Å². The van der Waals surface area contributed by atoms with Crippen molar-refractivity contribution in [3.05, 3.63) is 42.2 Å². The highest BCUT2D eigenvalue weighted by Crippen LogP contribution is 2.30. The van der Waals surface area contributed by atoms with E-state index in [0.29, 0.717) is 12.1 Å². The summed E-state index contributed by atoms with van der Waals surface area (Å²) in [5.74, 6) is -0.866. The van der Waals surface area contributed by atoms with Gasteiger partial charge in [0.2, 0.25) is 0 Å². The van der Waals surface area contributed by atoms with Crippen molar-refractivity contribution in [3.8, 4) is 17.0 Å². The number of halogens is 4. The average molecular weight is 450 g/mol. The number of anilines is 1. The first-order valence-electron chi connectivity index (χ1n) is 9.62. The summed E-state index contributed by atoms with van der Waals surface area (Å²) in [7, 11) is 0. The number of fused-ring (bicyclic) bond motifs is 1. The van der Waals surface area contributed by atoms with Crippen molar-refractivity contribution in [2.45, 2.75) is 25.0 Å². The number of hydrogen-bond acceptors (Lipinski definition) is 7. The van der Waals surface area contributed by atoms with Gasteiger partial charge in [-0.15, -0.1) is 13.2 Å². The minimum atomic E-state index is -4.81. The van der Waals surface area contributed by atoms with Crippen LogP contribution < -0.4 is 21.1 Å². The first-order valence-corrected chi connectivity index (χ1v) is 9.62. The largest absolute Gasteiger partial charge is 0.573 e. The zero-order valence-corrected chi connectivity index (χ0v) is 16.5. The van der Waals surface area contributed by atoms with Crippen LogP contribution in [0, 0.1) is 0 Å². The second kappa shape index (κ2) is 8.54. The number of hydrogen-bond donors (Lipinski definition) is 3. The Morgan fingerprint density at radius 3 is 2.56 bits per heavy atom. The van der Waals surface area contributed by atoms with Crippen LogP contribution in [0.5, 0.6) is 5.75 Å². The fourth-order valence-electron chi connectivity index (χ4n) is 3.50. The molecule has 3 heterocycles. The number of primary amides is 1. The molecule has 1 aromatic carbocycles. The second-order valence-electron chi connectivity index (χ2n) is 7.24. The molecule has 4 N–H and O–H groups in total. The van der Waals surface area contributed by atoms with Gasteiger partial charge in [0.1, 0.15) is 29.3 Å². The van der Waals surface area contributed by atoms with Gasteiger partial charge < -0.3 is 21.1 Å². The molecule has 3 aromatic rings. The number of pyridine rings is 1. The molecule has 1 amide bonds. The first-order chi connectivity index (χ1) is 15.2. The molecule has 4 rings (SSSR count). The highest BCUT2D eigenvalue weighted by atomic mass is 19.4. The lowest BCUT2D eigenvalue weighted by atomic mass is 10.1. The molecule has 2 atom stereocenters. The second-order valence-corrected chi connectivity index (χ2v) is 7.24. The van der Waals surface area contributed by atoms with E-state index in [1.54, 1.807) is 0 Å². The highest BCUT2D eigenvalue weighted by Gasteiger charge is 2.31. The van der Waals surface area contributed by atoms with E-state index in [1.165, 1.54) is 24.5 Å². The Balaban J connectivity index is 1.74. The number of nitrogens with two attached hydrogens (primary N) is 1. The van der Waals surface area contributed by atoms with Crippen LogP contribution in [0.1, 0.15) is 16.8 Å². The van der Waals surface area contributed by atoms with Gasteiger partial charge in [0.05, 0.1) is 11.3 Å². The third-order valence-electron chi connectivity index (χ3n) is 4.88. The van der Waals surface area contributed by atoms with E-state index in [4.69, 9.17) is 5.73 Å². The van der Waals surface area contributed by atoms with Crippen LogP contribution in [0.15, 0.2) is 36.7 Å². The Morgan fingerprint density at radius 2 is 1.91 bits per heavy atom. The van der Waals surface area contributed by atoms with Crippen molar-refractivity contribution in [3.63, 3.8) is 0 Å². The first kappa shape index (κ1) is 21.7. The van der Waals surface area contributed by atoms with Crippen molar-refractivity contribution >= 4 is 22.8 Å². The number of amides is 1. The molecule has 0 radical (unpaired) electrons. The van der Waals surface area contributed by atoms with E-state index in [-0.39, 0.29) is 47.1 Å². The molecule has 0 spiro atoms. The molecule has 32 heavy (non-hydrogen) atoms. The summed E-state index contributed by atoms with van der Waals surface area (Å²) in [4.78, 5) is 24.9. The zero-order chi connectivity index (χ0) is 22.9. The Kier molecular flexibility index (Phi) is 5.78. The molecule has 1 aliphatic rings. The molecule has 0 saturated carbocycles. The Labute approximate surface area is 179 Å². The Hall–Kier alpha value is -3.54. The highest BCUT2D eigenvalue weighted by molar-refractivity contribution is 6.06. The summed E-state index contributed by atoms with van der Waals surface area (Å²) in [6, 6.07) is 6.15. The van der Waals surface area contributed by atoms with Crippen LogP contribution in [0.25, 0.3) is 22.3 Å². The van der Waals surface area contributed by atoms with Gasteiger partial charge in [-0.2, -0.15) is 0 Å². The predicted octanol–water partition coefficient (Wildman–Crippen LogP) is 2.80. The number of piperidine rings is 1. The molecule has 1 fully saturated rings. The van der Waals surface area contributed by atoms with E-state index in [2.05, 4.69) is 30.3 Å². The molecule has 0 aliphatic carbocycles. The molecule has 1 saturated heterocycles. The average Bonchev–Trinajstić information content (AvgIpc) is 2.73. The molecule has 0 bridgehead atoms. The van der Waals surface area contributed by atoms with E-state index >= 15 is 0 Å². The molecular formula is C20H18F4N6O2. The third kappa shape index (κ3) is 4.85. The van der Waals surface area contributed by atoms with Crippen molar-refractivity contribution in [1.29, 1.82) is 0 Å². The molecule has 8 nitrogen and oxygen atoms in total. The number of benzene rings is 1. The number of rotatable bonds is 5. The number of alkyl halides is 4. The SMILES string of the molecule is NC(=O)c1cc(-c2ccc(OC(F)(F)F)cc2)nc2c(NC3CNCC(F)C3)ncnc12. The summed E-state index contributed by atoms with van der Waals surface area (Å²) in [5.41, 5.74) is 6.71. The van der Waals surface area contributed by atoms with Gasteiger partial charge in [-0.1, -0.05) is 0 Å². The number of aromatic nitrogens is 3. The van der Waals surface area contributed by atoms with Gasteiger partial charge in [0.25, 0.3) is 5.91 Å². The van der Waals surface area contributed by atoms with Crippen molar-refractivity contribution < 1.29 is 27.1 Å². The lowest BCUT2D eigenvalue weighted by molar-refractivity contribution is -0.274. The van der Waals surface area contributed by atoms with Gasteiger partial charge in [0, 0.05) is 31.1 Å². The lowest BCUT2D eigenvalue weighted by Gasteiger charge is -2.27. The maximum absolute atomic E-state index is 13.7. The van der Waals surface area contributed by atoms with Crippen LogP contribution in [0.3, 0.4) is 0 Å². The normalized spacial score (nSPS) is 19.0. The minimum absolute atomic E-state index is 0.0659. The number of carbonyl (C=O) groups is 1. The zero-order valence-electron chi connectivity index (χ0n) is 16.5. The van der Waals surface area contributed by atoms with Crippen molar-refractivity contribution in [2.24, 2.45) is 5.73 Å². The van der Waals surface area contributed by atoms with Crippen LogP contribution >= 0.6 is 0 Å². The van der Waals surface area contributed by atoms with E-state index in [1.807, 2.05) is 0 Å². The number of ether oxygens (including phenoxy) is 1.